The van der Waals surface area contributed by atoms with E-state index in [0.717, 1.165) is 35.4 Å². The van der Waals surface area contributed by atoms with Gasteiger partial charge in [0.15, 0.2) is 5.17 Å². The molecule has 12 nitrogen and oxygen atoms in total. The molecule has 1 aromatic heterocycles. The molecule has 232 valence electrons. The number of nitrogens with one attached hydrogen (secondary N) is 4. The first-order valence-corrected chi connectivity index (χ1v) is 15.6. The number of nitrogens with zero attached hydrogens (tertiary/aromatic N) is 2. The molecule has 0 spiro atoms. The van der Waals surface area contributed by atoms with E-state index in [1.54, 1.807) is 36.4 Å². The summed E-state index contributed by atoms with van der Waals surface area (Å²) in [5, 5.41) is 44.2. The second-order valence-electron chi connectivity index (χ2n) is 9.36. The van der Waals surface area contributed by atoms with Crippen LogP contribution < -0.4 is 25.4 Å². The highest BCUT2D eigenvalue weighted by atomic mass is 32.2. The lowest BCUT2D eigenvalue weighted by molar-refractivity contribution is -0.119. The monoisotopic (exact) mass is 630 g/mol. The number of thioether (sulfide) groups is 1. The maximum absolute atomic E-state index is 12.5. The van der Waals surface area contributed by atoms with Crippen LogP contribution in [0.3, 0.4) is 0 Å². The maximum Gasteiger partial charge on any atom is 0.230 e. The maximum atomic E-state index is 12.5. The highest BCUT2D eigenvalue weighted by Gasteiger charge is 2.14. The Morgan fingerprint density at radius 2 is 1.58 bits per heavy atom. The summed E-state index contributed by atoms with van der Waals surface area (Å²) in [6, 6.07) is 14.3. The molecular weight excluding hydrogens is 592 g/mol. The molecule has 1 heterocycles. The molecule has 3 aromatic rings. The van der Waals surface area contributed by atoms with E-state index in [9.17, 15) is 9.59 Å². The fourth-order valence-corrected chi connectivity index (χ4v) is 5.62. The standard InChI is InChI=1S/C29H38N6O6S2/c1-31-26(42-28(30)32-24(38)18-20-6-4-8-22(16-20)40-14-12-36)10-2-3-11-27-34-35-29(43-27)33-25(39)19-21-7-5-9-23(17-21)41-15-13-37/h4-9,16-17,26,31,36-37H,2-3,10-15,18-19H2,1H3,(H2,30,32,38)(H,33,35,39). The zero-order chi connectivity index (χ0) is 30.9. The number of hydrogen-bond donors (Lipinski definition) is 6. The smallest absolute Gasteiger partial charge is 0.230 e. The molecule has 2 aromatic carbocycles. The van der Waals surface area contributed by atoms with Crippen LogP contribution in [0.15, 0.2) is 48.5 Å². The van der Waals surface area contributed by atoms with Gasteiger partial charge in [-0.2, -0.15) is 0 Å². The first kappa shape index (κ1) is 33.9. The van der Waals surface area contributed by atoms with Crippen molar-refractivity contribution in [1.29, 1.82) is 5.41 Å². The summed E-state index contributed by atoms with van der Waals surface area (Å²) in [5.41, 5.74) is 1.54. The van der Waals surface area contributed by atoms with Gasteiger partial charge < -0.3 is 35.6 Å². The normalized spacial score (nSPS) is 11.5. The van der Waals surface area contributed by atoms with Crippen molar-refractivity contribution in [2.45, 2.75) is 43.9 Å². The molecule has 0 aliphatic carbocycles. The highest BCUT2D eigenvalue weighted by Crippen LogP contribution is 2.21. The van der Waals surface area contributed by atoms with Crippen LogP contribution in [0.4, 0.5) is 5.13 Å². The number of aryl methyl sites for hydroxylation is 1. The van der Waals surface area contributed by atoms with Crippen molar-refractivity contribution in [3.63, 3.8) is 0 Å². The van der Waals surface area contributed by atoms with Crippen molar-refractivity contribution in [2.24, 2.45) is 0 Å². The van der Waals surface area contributed by atoms with E-state index < -0.39 is 0 Å². The van der Waals surface area contributed by atoms with Gasteiger partial charge in [0, 0.05) is 6.42 Å². The van der Waals surface area contributed by atoms with Gasteiger partial charge >= 0.3 is 0 Å². The van der Waals surface area contributed by atoms with Crippen molar-refractivity contribution >= 4 is 45.2 Å². The summed E-state index contributed by atoms with van der Waals surface area (Å²) in [6.45, 7) is 0.213. The second-order valence-corrected chi connectivity index (χ2v) is 11.6. The third kappa shape index (κ3) is 13.1. The molecular formula is C29H38N6O6S2. The van der Waals surface area contributed by atoms with Gasteiger partial charge in [0.25, 0.3) is 0 Å². The Morgan fingerprint density at radius 3 is 2.19 bits per heavy atom. The molecule has 6 N–H and O–H groups in total. The van der Waals surface area contributed by atoms with Gasteiger partial charge in [-0.15, -0.1) is 10.2 Å². The Bertz CT molecular complexity index is 1320. The lowest BCUT2D eigenvalue weighted by atomic mass is 10.1. The summed E-state index contributed by atoms with van der Waals surface area (Å²) < 4.78 is 10.8. The molecule has 14 heteroatoms. The molecule has 2 amide bonds. The minimum Gasteiger partial charge on any atom is -0.491 e. The molecule has 1 unspecified atom stereocenters. The quantitative estimate of drug-likeness (QED) is 0.0530. The van der Waals surface area contributed by atoms with Crippen LogP contribution in [-0.4, -0.2) is 76.2 Å². The van der Waals surface area contributed by atoms with E-state index in [-0.39, 0.29) is 61.6 Å². The summed E-state index contributed by atoms with van der Waals surface area (Å²) >= 11 is 2.60. The number of hydrogen-bond acceptors (Lipinski definition) is 12. The van der Waals surface area contributed by atoms with E-state index in [1.807, 2.05) is 19.2 Å². The number of aliphatic hydroxyl groups is 2. The van der Waals surface area contributed by atoms with Crippen LogP contribution >= 0.6 is 23.1 Å². The number of ether oxygens (including phenoxy) is 2. The largest absolute Gasteiger partial charge is 0.491 e. The Labute approximate surface area is 259 Å². The molecule has 0 saturated carbocycles. The van der Waals surface area contributed by atoms with Crippen LogP contribution in [0.2, 0.25) is 0 Å². The number of unbranched alkanes of at least 4 members (excludes halogenated alkanes) is 1. The lowest BCUT2D eigenvalue weighted by Gasteiger charge is -2.16. The van der Waals surface area contributed by atoms with Crippen molar-refractivity contribution < 1.29 is 29.3 Å². The molecule has 3 rings (SSSR count). The predicted octanol–water partition coefficient (Wildman–Crippen LogP) is 2.75. The number of amides is 2. The first-order valence-electron chi connectivity index (χ1n) is 13.9. The number of anilines is 1. The number of benzene rings is 2. The van der Waals surface area contributed by atoms with E-state index in [1.165, 1.54) is 23.1 Å². The van der Waals surface area contributed by atoms with Crippen LogP contribution in [0.5, 0.6) is 11.5 Å². The van der Waals surface area contributed by atoms with E-state index in [2.05, 4.69) is 26.1 Å². The number of carbonyl (C=O) groups is 2. The third-order valence-electron chi connectivity index (χ3n) is 5.90. The lowest BCUT2D eigenvalue weighted by Crippen LogP contribution is -2.33. The molecule has 0 aliphatic rings. The average molecular weight is 631 g/mol. The first-order chi connectivity index (χ1) is 20.9. The molecule has 0 saturated heterocycles. The summed E-state index contributed by atoms with van der Waals surface area (Å²) in [7, 11) is 1.82. The highest BCUT2D eigenvalue weighted by molar-refractivity contribution is 8.14. The molecule has 0 bridgehead atoms. The molecule has 0 aliphatic heterocycles. The minimum absolute atomic E-state index is 0.0418. The Kier molecular flexibility index (Phi) is 14.9. The van der Waals surface area contributed by atoms with Crippen LogP contribution in [0.25, 0.3) is 0 Å². The zero-order valence-corrected chi connectivity index (χ0v) is 25.6. The molecule has 0 radical (unpaired) electrons. The van der Waals surface area contributed by atoms with E-state index >= 15 is 0 Å². The van der Waals surface area contributed by atoms with Crippen molar-refractivity contribution in [3.8, 4) is 11.5 Å². The minimum atomic E-state index is -0.286. The van der Waals surface area contributed by atoms with Crippen molar-refractivity contribution in [2.75, 3.05) is 38.8 Å². The van der Waals surface area contributed by atoms with Crippen LogP contribution in [0.1, 0.15) is 35.4 Å². The topological polar surface area (TPSA) is 179 Å². The van der Waals surface area contributed by atoms with Crippen molar-refractivity contribution in [1.82, 2.24) is 20.8 Å². The van der Waals surface area contributed by atoms with Gasteiger partial charge in [-0.3, -0.25) is 15.0 Å². The Hall–Kier alpha value is -3.56. The van der Waals surface area contributed by atoms with Crippen LogP contribution in [0, 0.1) is 5.41 Å². The molecule has 1 atom stereocenters. The van der Waals surface area contributed by atoms with Gasteiger partial charge in [-0.05, 0) is 55.3 Å². The number of rotatable bonds is 18. The molecule has 0 fully saturated rings. The van der Waals surface area contributed by atoms with Gasteiger partial charge in [0.1, 0.15) is 29.7 Å². The van der Waals surface area contributed by atoms with E-state index in [4.69, 9.17) is 25.1 Å². The summed E-state index contributed by atoms with van der Waals surface area (Å²) in [5.74, 6) is 0.691. The number of carbonyl (C=O) groups excluding carboxylic acids is 2. The third-order valence-corrected chi connectivity index (χ3v) is 7.89. The fourth-order valence-electron chi connectivity index (χ4n) is 3.97. The fraction of sp³-hybridized carbons (Fsp3) is 0.414. The van der Waals surface area contributed by atoms with Gasteiger partial charge in [0.2, 0.25) is 16.9 Å². The summed E-state index contributed by atoms with van der Waals surface area (Å²) in [4.78, 5) is 24.9. The number of aliphatic hydroxyl groups excluding tert-OH is 2. The Balaban J connectivity index is 1.34. The zero-order valence-electron chi connectivity index (χ0n) is 24.0. The van der Waals surface area contributed by atoms with E-state index in [0.29, 0.717) is 23.1 Å². The van der Waals surface area contributed by atoms with Gasteiger partial charge in [-0.25, -0.2) is 0 Å². The number of aromatic nitrogens is 2. The Morgan fingerprint density at radius 1 is 0.953 bits per heavy atom. The second kappa shape index (κ2) is 18.9. The average Bonchev–Trinajstić information content (AvgIpc) is 3.43. The van der Waals surface area contributed by atoms with Gasteiger partial charge in [-0.1, -0.05) is 53.8 Å². The van der Waals surface area contributed by atoms with Crippen molar-refractivity contribution in [3.05, 3.63) is 64.7 Å². The predicted molar refractivity (Wildman–Crippen MR) is 168 cm³/mol. The number of amidine groups is 1. The van der Waals surface area contributed by atoms with Gasteiger partial charge in [0.05, 0.1) is 31.4 Å². The summed E-state index contributed by atoms with van der Waals surface area (Å²) in [6.07, 6.45) is 3.51. The molecule has 43 heavy (non-hydrogen) atoms. The SMILES string of the molecule is CNC(CCCCc1nnc(NC(=O)Cc2cccc(OCCO)c2)s1)SC(=N)NC(=O)Cc1cccc(OCCO)c1. The van der Waals surface area contributed by atoms with Crippen LogP contribution in [-0.2, 0) is 28.9 Å².